The quantitative estimate of drug-likeness (QED) is 0.826. The third kappa shape index (κ3) is 3.19. The third-order valence-corrected chi connectivity index (χ3v) is 7.09. The number of benzene rings is 1. The Morgan fingerprint density at radius 3 is 2.32 bits per heavy atom. The predicted molar refractivity (Wildman–Crippen MR) is 79.8 cm³/mol. The predicted octanol–water partition coefficient (Wildman–Crippen LogP) is 3.81. The number of aliphatic hydroxyl groups is 1. The molecular formula is C12H15Cl3O3S. The van der Waals surface area contributed by atoms with E-state index in [9.17, 15) is 13.5 Å². The zero-order valence-corrected chi connectivity index (χ0v) is 13.6. The van der Waals surface area contributed by atoms with Gasteiger partial charge in [0, 0.05) is 21.4 Å². The molecule has 0 spiro atoms. The van der Waals surface area contributed by atoms with Crippen molar-refractivity contribution in [3.63, 3.8) is 0 Å². The molecule has 0 aliphatic carbocycles. The van der Waals surface area contributed by atoms with Crippen LogP contribution < -0.4 is 0 Å². The fourth-order valence-corrected chi connectivity index (χ4v) is 4.12. The lowest BCUT2D eigenvalue weighted by Crippen LogP contribution is -2.39. The highest BCUT2D eigenvalue weighted by Crippen LogP contribution is 2.42. The average molecular weight is 346 g/mol. The van der Waals surface area contributed by atoms with E-state index in [2.05, 4.69) is 0 Å². The van der Waals surface area contributed by atoms with Crippen LogP contribution in [0.2, 0.25) is 10.0 Å². The summed E-state index contributed by atoms with van der Waals surface area (Å²) < 4.78 is 22.4. The van der Waals surface area contributed by atoms with Gasteiger partial charge in [0.05, 0.1) is 0 Å². The maximum absolute atomic E-state index is 12.1. The van der Waals surface area contributed by atoms with Crippen molar-refractivity contribution >= 4 is 44.6 Å². The molecule has 7 heteroatoms. The minimum absolute atomic E-state index is 0.0604. The monoisotopic (exact) mass is 344 g/mol. The summed E-state index contributed by atoms with van der Waals surface area (Å²) in [6.07, 6.45) is -1.36. The molecule has 1 N–H and O–H groups in total. The van der Waals surface area contributed by atoms with Gasteiger partial charge >= 0.3 is 0 Å². The van der Waals surface area contributed by atoms with E-state index in [4.69, 9.17) is 34.8 Å². The molecule has 0 aliphatic heterocycles. The molecular weight excluding hydrogens is 331 g/mol. The number of alkyl halides is 1. The summed E-state index contributed by atoms with van der Waals surface area (Å²) in [4.78, 5) is 0. The Hall–Kier alpha value is -0.000000000000000111. The van der Waals surface area contributed by atoms with Gasteiger partial charge in [0.2, 0.25) is 0 Å². The van der Waals surface area contributed by atoms with Crippen LogP contribution in [0.3, 0.4) is 0 Å². The molecule has 0 aromatic heterocycles. The van der Waals surface area contributed by atoms with Crippen molar-refractivity contribution in [1.29, 1.82) is 0 Å². The first-order valence-corrected chi connectivity index (χ1v) is 8.52. The molecule has 0 amide bonds. The Bertz CT molecular complexity index is 559. The van der Waals surface area contributed by atoms with Crippen molar-refractivity contribution in [3.8, 4) is 0 Å². The van der Waals surface area contributed by atoms with Crippen molar-refractivity contribution < 1.29 is 13.5 Å². The minimum Gasteiger partial charge on any atom is -0.385 e. The van der Waals surface area contributed by atoms with Gasteiger partial charge in [-0.25, -0.2) is 8.42 Å². The fraction of sp³-hybridized carbons (Fsp3) is 0.500. The lowest BCUT2D eigenvalue weighted by Gasteiger charge is -2.31. The zero-order valence-electron chi connectivity index (χ0n) is 10.5. The molecule has 0 heterocycles. The van der Waals surface area contributed by atoms with Gasteiger partial charge in [-0.05, 0) is 18.6 Å². The van der Waals surface area contributed by atoms with Crippen molar-refractivity contribution in [1.82, 2.24) is 0 Å². The van der Waals surface area contributed by atoms with E-state index in [1.807, 2.05) is 0 Å². The normalized spacial score (nSPS) is 16.9. The number of aliphatic hydroxyl groups excluding tert-OH is 1. The Kier molecular flexibility index (Phi) is 5.55. The van der Waals surface area contributed by atoms with Gasteiger partial charge in [-0.3, -0.25) is 0 Å². The van der Waals surface area contributed by atoms with E-state index in [0.29, 0.717) is 5.02 Å². The van der Waals surface area contributed by atoms with Crippen LogP contribution in [-0.2, 0) is 9.84 Å². The van der Waals surface area contributed by atoms with Crippen LogP contribution >= 0.6 is 34.8 Å². The highest BCUT2D eigenvalue weighted by atomic mass is 35.5. The Morgan fingerprint density at radius 1 is 1.32 bits per heavy atom. The summed E-state index contributed by atoms with van der Waals surface area (Å²) in [5, 5.41) is 10.9. The van der Waals surface area contributed by atoms with E-state index in [0.717, 1.165) is 0 Å². The van der Waals surface area contributed by atoms with Gasteiger partial charge in [-0.15, -0.1) is 0 Å². The summed E-state index contributed by atoms with van der Waals surface area (Å²) in [5.74, 6) is -0.160. The third-order valence-electron chi connectivity index (χ3n) is 3.04. The second kappa shape index (κ2) is 6.19. The van der Waals surface area contributed by atoms with E-state index in [-0.39, 0.29) is 22.8 Å². The van der Waals surface area contributed by atoms with Crippen LogP contribution in [-0.4, -0.2) is 23.5 Å². The number of sulfone groups is 1. The van der Waals surface area contributed by atoms with Crippen LogP contribution in [0.4, 0.5) is 0 Å². The summed E-state index contributed by atoms with van der Waals surface area (Å²) in [5.41, 5.74) is 0.250. The SMILES string of the molecule is CCC(Cl)(C(O)c1ccc(Cl)cc1Cl)S(=O)(=O)CC. The fourth-order valence-electron chi connectivity index (χ4n) is 1.78. The van der Waals surface area contributed by atoms with Crippen molar-refractivity contribution in [2.45, 2.75) is 30.6 Å². The first-order chi connectivity index (χ1) is 8.69. The molecule has 2 atom stereocenters. The van der Waals surface area contributed by atoms with Crippen molar-refractivity contribution in [3.05, 3.63) is 33.8 Å². The molecule has 0 radical (unpaired) electrons. The lowest BCUT2D eigenvalue weighted by molar-refractivity contribution is 0.154. The van der Waals surface area contributed by atoms with Crippen molar-refractivity contribution in [2.75, 3.05) is 5.75 Å². The molecule has 108 valence electrons. The average Bonchev–Trinajstić information content (AvgIpc) is 2.36. The number of hydrogen-bond acceptors (Lipinski definition) is 3. The smallest absolute Gasteiger partial charge is 0.175 e. The largest absolute Gasteiger partial charge is 0.385 e. The van der Waals surface area contributed by atoms with E-state index in [1.54, 1.807) is 6.92 Å². The molecule has 3 nitrogen and oxygen atoms in total. The maximum Gasteiger partial charge on any atom is 0.175 e. The zero-order chi connectivity index (χ0) is 14.8. The molecule has 19 heavy (non-hydrogen) atoms. The highest BCUT2D eigenvalue weighted by molar-refractivity contribution is 7.94. The van der Waals surface area contributed by atoms with Crippen molar-refractivity contribution in [2.24, 2.45) is 0 Å². The molecule has 0 saturated heterocycles. The maximum atomic E-state index is 12.1. The Balaban J connectivity index is 3.34. The van der Waals surface area contributed by atoms with Crippen LogP contribution in [0.5, 0.6) is 0 Å². The molecule has 2 unspecified atom stereocenters. The molecule has 0 aliphatic rings. The molecule has 1 aromatic carbocycles. The summed E-state index contributed by atoms with van der Waals surface area (Å²) in [6, 6.07) is 4.44. The molecule has 1 aromatic rings. The Labute approximate surface area is 128 Å². The summed E-state index contributed by atoms with van der Waals surface area (Å²) in [6.45, 7) is 3.09. The second-order valence-corrected chi connectivity index (χ2v) is 8.39. The van der Waals surface area contributed by atoms with E-state index in [1.165, 1.54) is 25.1 Å². The standard InChI is InChI=1S/C12H15Cl3O3S/c1-3-12(15,19(17,18)4-2)11(16)9-6-5-8(13)7-10(9)14/h5-7,11,16H,3-4H2,1-2H3. The van der Waals surface area contributed by atoms with Gasteiger partial charge in [-0.1, -0.05) is 54.7 Å². The number of hydrogen-bond donors (Lipinski definition) is 1. The molecule has 1 rings (SSSR count). The minimum atomic E-state index is -3.66. The van der Waals surface area contributed by atoms with Crippen LogP contribution in [0.25, 0.3) is 0 Å². The molecule has 0 bridgehead atoms. The van der Waals surface area contributed by atoms with Crippen LogP contribution in [0, 0.1) is 0 Å². The van der Waals surface area contributed by atoms with Gasteiger partial charge in [-0.2, -0.15) is 0 Å². The van der Waals surface area contributed by atoms with Crippen LogP contribution in [0.1, 0.15) is 31.9 Å². The van der Waals surface area contributed by atoms with E-state index >= 15 is 0 Å². The van der Waals surface area contributed by atoms with Gasteiger partial charge in [0.15, 0.2) is 14.0 Å². The first-order valence-electron chi connectivity index (χ1n) is 5.73. The number of halogens is 3. The molecule has 0 saturated carbocycles. The van der Waals surface area contributed by atoms with E-state index < -0.39 is 20.1 Å². The lowest BCUT2D eigenvalue weighted by atomic mass is 10.0. The van der Waals surface area contributed by atoms with Gasteiger partial charge in [0.25, 0.3) is 0 Å². The first kappa shape index (κ1) is 17.1. The summed E-state index contributed by atoms with van der Waals surface area (Å²) >= 11 is 17.9. The Morgan fingerprint density at radius 2 is 1.89 bits per heavy atom. The second-order valence-electron chi connectivity index (χ2n) is 4.11. The van der Waals surface area contributed by atoms with Gasteiger partial charge < -0.3 is 5.11 Å². The molecule has 0 fully saturated rings. The summed E-state index contributed by atoms with van der Waals surface area (Å²) in [7, 11) is -3.66. The number of rotatable bonds is 5. The van der Waals surface area contributed by atoms with Crippen LogP contribution in [0.15, 0.2) is 18.2 Å². The highest BCUT2D eigenvalue weighted by Gasteiger charge is 2.47. The van der Waals surface area contributed by atoms with Gasteiger partial charge in [0.1, 0.15) is 6.10 Å². The topological polar surface area (TPSA) is 54.4 Å².